The summed E-state index contributed by atoms with van der Waals surface area (Å²) in [5.41, 5.74) is 3.01. The minimum atomic E-state index is -0.000741. The molecule has 0 saturated heterocycles. The van der Waals surface area contributed by atoms with E-state index in [4.69, 9.17) is 4.74 Å². The molecule has 2 aromatic heterocycles. The van der Waals surface area contributed by atoms with Gasteiger partial charge in [0.15, 0.2) is 0 Å². The largest absolute Gasteiger partial charge is 0.495 e. The Kier molecular flexibility index (Phi) is 5.07. The second-order valence-corrected chi connectivity index (χ2v) is 4.71. The molecule has 2 heterocycles. The summed E-state index contributed by atoms with van der Waals surface area (Å²) in [7, 11) is 1.67. The molecule has 1 unspecified atom stereocenters. The van der Waals surface area contributed by atoms with Gasteiger partial charge in [0.05, 0.1) is 13.2 Å². The van der Waals surface area contributed by atoms with E-state index >= 15 is 0 Å². The van der Waals surface area contributed by atoms with Crippen molar-refractivity contribution in [3.63, 3.8) is 0 Å². The number of rotatable bonds is 6. The first-order chi connectivity index (χ1) is 9.76. The number of aromatic nitrogens is 2. The Morgan fingerprint density at radius 3 is 2.75 bits per heavy atom. The molecule has 0 saturated carbocycles. The molecule has 0 aliphatic heterocycles. The molecule has 0 aromatic carbocycles. The predicted molar refractivity (Wildman–Crippen MR) is 79.9 cm³/mol. The lowest BCUT2D eigenvalue weighted by Crippen LogP contribution is -2.24. The molecule has 4 nitrogen and oxygen atoms in total. The highest BCUT2D eigenvalue weighted by atomic mass is 16.5. The van der Waals surface area contributed by atoms with Gasteiger partial charge in [-0.2, -0.15) is 0 Å². The monoisotopic (exact) mass is 271 g/mol. The first-order valence-electron chi connectivity index (χ1n) is 6.91. The van der Waals surface area contributed by atoms with Crippen molar-refractivity contribution in [2.24, 2.45) is 0 Å². The van der Waals surface area contributed by atoms with Crippen LogP contribution in [-0.2, 0) is 0 Å². The van der Waals surface area contributed by atoms with Crippen LogP contribution >= 0.6 is 0 Å². The van der Waals surface area contributed by atoms with Gasteiger partial charge in [-0.05, 0) is 43.7 Å². The van der Waals surface area contributed by atoms with Crippen LogP contribution in [0, 0.1) is 6.92 Å². The summed E-state index contributed by atoms with van der Waals surface area (Å²) in [5.74, 6) is 0.793. The van der Waals surface area contributed by atoms with Crippen LogP contribution in [0.4, 0.5) is 0 Å². The highest BCUT2D eigenvalue weighted by Crippen LogP contribution is 2.27. The van der Waals surface area contributed by atoms with Gasteiger partial charge in [0.1, 0.15) is 11.4 Å². The van der Waals surface area contributed by atoms with Crippen molar-refractivity contribution in [2.45, 2.75) is 26.3 Å². The molecule has 0 aliphatic rings. The Labute approximate surface area is 120 Å². The number of nitrogens with one attached hydrogen (secondary N) is 1. The lowest BCUT2D eigenvalue weighted by molar-refractivity contribution is 0.399. The number of ether oxygens (including phenoxy) is 1. The molecule has 0 radical (unpaired) electrons. The highest BCUT2D eigenvalue weighted by molar-refractivity contribution is 5.36. The quantitative estimate of drug-likeness (QED) is 0.877. The van der Waals surface area contributed by atoms with Crippen molar-refractivity contribution < 1.29 is 4.74 Å². The molecular formula is C16H21N3O. The Morgan fingerprint density at radius 2 is 2.10 bits per heavy atom. The third-order valence-corrected chi connectivity index (χ3v) is 3.16. The molecule has 1 atom stereocenters. The zero-order valence-corrected chi connectivity index (χ0v) is 12.3. The highest BCUT2D eigenvalue weighted by Gasteiger charge is 2.19. The summed E-state index contributed by atoms with van der Waals surface area (Å²) in [6, 6.07) is 7.92. The number of aryl methyl sites for hydroxylation is 1. The van der Waals surface area contributed by atoms with E-state index in [0.29, 0.717) is 0 Å². The van der Waals surface area contributed by atoms with Gasteiger partial charge in [0.25, 0.3) is 0 Å². The molecule has 20 heavy (non-hydrogen) atoms. The van der Waals surface area contributed by atoms with Gasteiger partial charge in [-0.15, -0.1) is 0 Å². The van der Waals surface area contributed by atoms with Gasteiger partial charge in [0.2, 0.25) is 0 Å². The Hall–Kier alpha value is -1.94. The van der Waals surface area contributed by atoms with E-state index in [1.807, 2.05) is 31.3 Å². The fourth-order valence-corrected chi connectivity index (χ4v) is 2.10. The second kappa shape index (κ2) is 7.01. The minimum Gasteiger partial charge on any atom is -0.495 e. The molecular weight excluding hydrogens is 250 g/mol. The predicted octanol–water partition coefficient (Wildman–Crippen LogP) is 2.88. The topological polar surface area (TPSA) is 47.0 Å². The fraction of sp³-hybridized carbons (Fsp3) is 0.375. The number of nitrogens with zero attached hydrogens (tertiary/aromatic N) is 2. The smallest absolute Gasteiger partial charge is 0.142 e. The van der Waals surface area contributed by atoms with E-state index < -0.39 is 0 Å². The molecule has 0 fully saturated rings. The summed E-state index contributed by atoms with van der Waals surface area (Å²) in [6.45, 7) is 5.05. The maximum absolute atomic E-state index is 5.43. The van der Waals surface area contributed by atoms with Gasteiger partial charge < -0.3 is 10.1 Å². The third kappa shape index (κ3) is 3.33. The van der Waals surface area contributed by atoms with Crippen molar-refractivity contribution in [1.82, 2.24) is 15.3 Å². The summed E-state index contributed by atoms with van der Waals surface area (Å²) < 4.78 is 5.43. The molecule has 0 amide bonds. The number of pyridine rings is 2. The zero-order valence-electron chi connectivity index (χ0n) is 12.3. The molecule has 2 rings (SSSR count). The van der Waals surface area contributed by atoms with E-state index in [1.54, 1.807) is 13.3 Å². The summed E-state index contributed by atoms with van der Waals surface area (Å²) in [5, 5.41) is 3.51. The maximum atomic E-state index is 5.43. The van der Waals surface area contributed by atoms with E-state index in [0.717, 1.165) is 35.7 Å². The minimum absolute atomic E-state index is 0.000741. The average molecular weight is 271 g/mol. The third-order valence-electron chi connectivity index (χ3n) is 3.16. The number of methoxy groups -OCH3 is 1. The van der Waals surface area contributed by atoms with Gasteiger partial charge >= 0.3 is 0 Å². The van der Waals surface area contributed by atoms with E-state index in [9.17, 15) is 0 Å². The molecule has 2 aromatic rings. The molecule has 0 bridgehead atoms. The standard InChI is InChI=1S/C16H21N3O/c1-4-9-17-15(13-8-7-12(2)19-11-13)16-14(20-3)6-5-10-18-16/h5-8,10-11,15,17H,4,9H2,1-3H3. The van der Waals surface area contributed by atoms with Crippen molar-refractivity contribution in [3.05, 3.63) is 53.6 Å². The normalized spacial score (nSPS) is 12.2. The van der Waals surface area contributed by atoms with Crippen LogP contribution < -0.4 is 10.1 Å². The van der Waals surface area contributed by atoms with E-state index in [2.05, 4.69) is 28.3 Å². The average Bonchev–Trinajstić information content (AvgIpc) is 2.50. The first-order valence-corrected chi connectivity index (χ1v) is 6.91. The van der Waals surface area contributed by atoms with Crippen molar-refractivity contribution in [1.29, 1.82) is 0 Å². The maximum Gasteiger partial charge on any atom is 0.142 e. The van der Waals surface area contributed by atoms with Crippen LogP contribution in [0.25, 0.3) is 0 Å². The molecule has 0 spiro atoms. The van der Waals surface area contributed by atoms with Gasteiger partial charge in [-0.3, -0.25) is 9.97 Å². The van der Waals surface area contributed by atoms with Crippen LogP contribution in [0.5, 0.6) is 5.75 Å². The number of hydrogen-bond donors (Lipinski definition) is 1. The summed E-state index contributed by atoms with van der Waals surface area (Å²) >= 11 is 0. The Bertz CT molecular complexity index is 540. The van der Waals surface area contributed by atoms with Crippen LogP contribution in [0.1, 0.15) is 36.3 Å². The number of hydrogen-bond acceptors (Lipinski definition) is 4. The van der Waals surface area contributed by atoms with Crippen LogP contribution in [-0.4, -0.2) is 23.6 Å². The van der Waals surface area contributed by atoms with E-state index in [-0.39, 0.29) is 6.04 Å². The van der Waals surface area contributed by atoms with Gasteiger partial charge in [0, 0.05) is 18.1 Å². The van der Waals surface area contributed by atoms with Crippen molar-refractivity contribution >= 4 is 0 Å². The summed E-state index contributed by atoms with van der Waals surface area (Å²) in [6.07, 6.45) is 4.75. The summed E-state index contributed by atoms with van der Waals surface area (Å²) in [4.78, 5) is 8.87. The molecule has 1 N–H and O–H groups in total. The van der Waals surface area contributed by atoms with Crippen LogP contribution in [0.3, 0.4) is 0 Å². The van der Waals surface area contributed by atoms with Crippen molar-refractivity contribution in [2.75, 3.05) is 13.7 Å². The first kappa shape index (κ1) is 14.5. The van der Waals surface area contributed by atoms with Crippen LogP contribution in [0.15, 0.2) is 36.7 Å². The van der Waals surface area contributed by atoms with Crippen molar-refractivity contribution in [3.8, 4) is 5.75 Å². The lowest BCUT2D eigenvalue weighted by Gasteiger charge is -2.20. The fourth-order valence-electron chi connectivity index (χ4n) is 2.10. The second-order valence-electron chi connectivity index (χ2n) is 4.71. The Balaban J connectivity index is 2.38. The SMILES string of the molecule is CCCNC(c1ccc(C)nc1)c1ncccc1OC. The van der Waals surface area contributed by atoms with Gasteiger partial charge in [-0.25, -0.2) is 0 Å². The lowest BCUT2D eigenvalue weighted by atomic mass is 10.0. The Morgan fingerprint density at radius 1 is 1.25 bits per heavy atom. The zero-order chi connectivity index (χ0) is 14.4. The van der Waals surface area contributed by atoms with E-state index in [1.165, 1.54) is 0 Å². The van der Waals surface area contributed by atoms with Gasteiger partial charge in [-0.1, -0.05) is 13.0 Å². The molecule has 106 valence electrons. The molecule has 4 heteroatoms. The van der Waals surface area contributed by atoms with Crippen LogP contribution in [0.2, 0.25) is 0 Å². The molecule has 0 aliphatic carbocycles.